The summed E-state index contributed by atoms with van der Waals surface area (Å²) in [4.78, 5) is 29.7. The van der Waals surface area contributed by atoms with Crippen LogP contribution in [0.5, 0.6) is 0 Å². The van der Waals surface area contributed by atoms with Crippen molar-refractivity contribution in [1.82, 2.24) is 4.98 Å². The Labute approximate surface area is 168 Å². The molecule has 0 spiro atoms. The smallest absolute Gasteiger partial charge is 0.351 e. The Hall–Kier alpha value is -2.99. The second-order valence-electron chi connectivity index (χ2n) is 6.39. The zero-order valence-corrected chi connectivity index (χ0v) is 16.9. The molecule has 2 aromatic carbocycles. The van der Waals surface area contributed by atoms with Gasteiger partial charge in [-0.05, 0) is 38.0 Å². The molecule has 1 heterocycles. The third-order valence-electron chi connectivity index (χ3n) is 4.29. The number of hydrogen-bond acceptors (Lipinski definition) is 5. The monoisotopic (exact) mass is 394 g/mol. The predicted octanol–water partition coefficient (Wildman–Crippen LogP) is 4.86. The number of carbonyl (C=O) groups is 2. The van der Waals surface area contributed by atoms with E-state index < -0.39 is 12.1 Å². The molecule has 1 amide bonds. The van der Waals surface area contributed by atoms with E-state index >= 15 is 0 Å². The van der Waals surface area contributed by atoms with Crippen molar-refractivity contribution < 1.29 is 14.3 Å². The molecule has 1 aromatic heterocycles. The molecule has 0 aliphatic heterocycles. The fourth-order valence-electron chi connectivity index (χ4n) is 2.63. The summed E-state index contributed by atoms with van der Waals surface area (Å²) in [5, 5.41) is 3.52. The highest BCUT2D eigenvalue weighted by atomic mass is 32.1. The Morgan fingerprint density at radius 3 is 2.43 bits per heavy atom. The van der Waals surface area contributed by atoms with Gasteiger partial charge in [0, 0.05) is 11.3 Å². The van der Waals surface area contributed by atoms with Gasteiger partial charge >= 0.3 is 5.97 Å². The van der Waals surface area contributed by atoms with Gasteiger partial charge in [0.2, 0.25) is 0 Å². The van der Waals surface area contributed by atoms with Gasteiger partial charge < -0.3 is 10.1 Å². The Balaban J connectivity index is 1.65. The Bertz CT molecular complexity index is 965. The maximum atomic E-state index is 12.5. The highest BCUT2D eigenvalue weighted by Crippen LogP contribution is 2.28. The van der Waals surface area contributed by atoms with Gasteiger partial charge in [-0.3, -0.25) is 4.79 Å². The highest BCUT2D eigenvalue weighted by Gasteiger charge is 2.23. The molecule has 0 radical (unpaired) electrons. The van der Waals surface area contributed by atoms with E-state index in [1.54, 1.807) is 13.8 Å². The lowest BCUT2D eigenvalue weighted by atomic mass is 10.1. The van der Waals surface area contributed by atoms with Crippen LogP contribution in [0, 0.1) is 6.92 Å². The highest BCUT2D eigenvalue weighted by molar-refractivity contribution is 7.17. The number of esters is 1. The van der Waals surface area contributed by atoms with Gasteiger partial charge in [0.15, 0.2) is 6.10 Å². The van der Waals surface area contributed by atoms with Crippen molar-refractivity contribution in [3.8, 4) is 10.6 Å². The number of rotatable bonds is 6. The van der Waals surface area contributed by atoms with Crippen molar-refractivity contribution in [2.45, 2.75) is 33.3 Å². The molecule has 5 nitrogen and oxygen atoms in total. The Morgan fingerprint density at radius 2 is 1.79 bits per heavy atom. The zero-order chi connectivity index (χ0) is 20.1. The molecule has 0 bridgehead atoms. The molecule has 0 aliphatic rings. The van der Waals surface area contributed by atoms with Crippen LogP contribution in [0.15, 0.2) is 54.6 Å². The van der Waals surface area contributed by atoms with Crippen LogP contribution >= 0.6 is 11.3 Å². The van der Waals surface area contributed by atoms with Gasteiger partial charge in [0.25, 0.3) is 5.91 Å². The van der Waals surface area contributed by atoms with E-state index in [-0.39, 0.29) is 5.91 Å². The van der Waals surface area contributed by atoms with Crippen molar-refractivity contribution in [3.63, 3.8) is 0 Å². The first-order valence-electron chi connectivity index (χ1n) is 9.11. The Morgan fingerprint density at radius 1 is 1.11 bits per heavy atom. The molecule has 1 N–H and O–H groups in total. The van der Waals surface area contributed by atoms with Crippen LogP contribution in [0.1, 0.15) is 34.8 Å². The molecule has 0 saturated heterocycles. The number of amides is 1. The SMILES string of the molecule is CCc1ccc(NC(=O)[C@H](C)OC(=O)c2sc(-c3ccccc3)nc2C)cc1. The van der Waals surface area contributed by atoms with Crippen molar-refractivity contribution in [1.29, 1.82) is 0 Å². The average Bonchev–Trinajstić information content (AvgIpc) is 3.11. The van der Waals surface area contributed by atoms with E-state index in [0.717, 1.165) is 17.0 Å². The quantitative estimate of drug-likeness (QED) is 0.606. The number of nitrogens with zero attached hydrogens (tertiary/aromatic N) is 1. The first kappa shape index (κ1) is 19.8. The molecule has 0 fully saturated rings. The van der Waals surface area contributed by atoms with Gasteiger partial charge in [0.05, 0.1) is 5.69 Å². The number of nitrogens with one attached hydrogen (secondary N) is 1. The second kappa shape index (κ2) is 8.80. The number of benzene rings is 2. The first-order valence-corrected chi connectivity index (χ1v) is 9.93. The van der Waals surface area contributed by atoms with E-state index in [4.69, 9.17) is 4.74 Å². The van der Waals surface area contributed by atoms with Gasteiger partial charge in [-0.2, -0.15) is 0 Å². The predicted molar refractivity (Wildman–Crippen MR) is 112 cm³/mol. The number of anilines is 1. The number of aryl methyl sites for hydroxylation is 2. The summed E-state index contributed by atoms with van der Waals surface area (Å²) in [6.07, 6.45) is 0.0153. The number of thiazole rings is 1. The third kappa shape index (κ3) is 4.64. The van der Waals surface area contributed by atoms with E-state index in [0.29, 0.717) is 16.3 Å². The van der Waals surface area contributed by atoms with Crippen LogP contribution in [0.2, 0.25) is 0 Å². The molecular weight excluding hydrogens is 372 g/mol. The van der Waals surface area contributed by atoms with Crippen molar-refractivity contribution in [2.75, 3.05) is 5.32 Å². The molecule has 144 valence electrons. The molecule has 3 aromatic rings. The summed E-state index contributed by atoms with van der Waals surface area (Å²) < 4.78 is 5.36. The van der Waals surface area contributed by atoms with Gasteiger partial charge in [0.1, 0.15) is 9.88 Å². The molecule has 0 aliphatic carbocycles. The normalized spacial score (nSPS) is 11.7. The van der Waals surface area contributed by atoms with E-state index in [2.05, 4.69) is 17.2 Å². The fourth-order valence-corrected chi connectivity index (χ4v) is 3.58. The van der Waals surface area contributed by atoms with E-state index in [9.17, 15) is 9.59 Å². The van der Waals surface area contributed by atoms with Crippen molar-refractivity contribution in [3.05, 3.63) is 70.7 Å². The van der Waals surface area contributed by atoms with Gasteiger partial charge in [-0.25, -0.2) is 9.78 Å². The summed E-state index contributed by atoms with van der Waals surface area (Å²) in [6.45, 7) is 5.39. The van der Waals surface area contributed by atoms with Crippen molar-refractivity contribution in [2.24, 2.45) is 0 Å². The molecule has 28 heavy (non-hydrogen) atoms. The topological polar surface area (TPSA) is 68.3 Å². The average molecular weight is 394 g/mol. The lowest BCUT2D eigenvalue weighted by molar-refractivity contribution is -0.123. The Kier molecular flexibility index (Phi) is 6.21. The first-order chi connectivity index (χ1) is 13.5. The maximum absolute atomic E-state index is 12.5. The number of hydrogen-bond donors (Lipinski definition) is 1. The standard InChI is InChI=1S/C22H22N2O3S/c1-4-16-10-12-18(13-11-16)24-20(25)15(3)27-22(26)19-14(2)23-21(28-19)17-8-6-5-7-9-17/h5-13,15H,4H2,1-3H3,(H,24,25)/t15-/m0/s1. The minimum absolute atomic E-state index is 0.372. The number of aromatic nitrogens is 1. The van der Waals surface area contributed by atoms with Crippen LogP contribution < -0.4 is 5.32 Å². The minimum atomic E-state index is -0.917. The molecule has 6 heteroatoms. The summed E-state index contributed by atoms with van der Waals surface area (Å²) in [7, 11) is 0. The lowest BCUT2D eigenvalue weighted by Gasteiger charge is -2.13. The van der Waals surface area contributed by atoms with E-state index in [1.807, 2.05) is 54.6 Å². The van der Waals surface area contributed by atoms with Crippen LogP contribution in [0.4, 0.5) is 5.69 Å². The molecule has 0 saturated carbocycles. The zero-order valence-electron chi connectivity index (χ0n) is 16.1. The van der Waals surface area contributed by atoms with Crippen LogP contribution in [0.3, 0.4) is 0 Å². The fraction of sp³-hybridized carbons (Fsp3) is 0.227. The van der Waals surface area contributed by atoms with Crippen molar-refractivity contribution >= 4 is 28.9 Å². The van der Waals surface area contributed by atoms with Gasteiger partial charge in [-0.1, -0.05) is 49.4 Å². The molecule has 1 atom stereocenters. The van der Waals surface area contributed by atoms with Crippen LogP contribution in [-0.2, 0) is 16.0 Å². The molecule has 3 rings (SSSR count). The summed E-state index contributed by atoms with van der Waals surface area (Å²) in [6, 6.07) is 17.2. The minimum Gasteiger partial charge on any atom is -0.448 e. The van der Waals surface area contributed by atoms with Crippen LogP contribution in [0.25, 0.3) is 10.6 Å². The maximum Gasteiger partial charge on any atom is 0.351 e. The lowest BCUT2D eigenvalue weighted by Crippen LogP contribution is -2.29. The number of carbonyl (C=O) groups excluding carboxylic acids is 2. The van der Waals surface area contributed by atoms with E-state index in [1.165, 1.54) is 16.9 Å². The third-order valence-corrected chi connectivity index (χ3v) is 5.47. The number of ether oxygens (including phenoxy) is 1. The summed E-state index contributed by atoms with van der Waals surface area (Å²) in [5.41, 5.74) is 3.39. The molecular formula is C22H22N2O3S. The summed E-state index contributed by atoms with van der Waals surface area (Å²) in [5.74, 6) is -0.913. The summed E-state index contributed by atoms with van der Waals surface area (Å²) >= 11 is 1.27. The molecule has 0 unspecified atom stereocenters. The largest absolute Gasteiger partial charge is 0.448 e. The van der Waals surface area contributed by atoms with Gasteiger partial charge in [-0.15, -0.1) is 11.3 Å². The second-order valence-corrected chi connectivity index (χ2v) is 7.39. The van der Waals surface area contributed by atoms with Crippen LogP contribution in [-0.4, -0.2) is 23.0 Å².